The Bertz CT molecular complexity index is 2860. The van der Waals surface area contributed by atoms with Crippen LogP contribution in [0.2, 0.25) is 0 Å². The highest BCUT2D eigenvalue weighted by Gasteiger charge is 2.49. The summed E-state index contributed by atoms with van der Waals surface area (Å²) in [4.78, 5) is 4.34. The van der Waals surface area contributed by atoms with Crippen molar-refractivity contribution in [2.75, 3.05) is 27.2 Å². The number of rotatable bonds is 8. The van der Waals surface area contributed by atoms with Crippen LogP contribution in [0.1, 0.15) is 47.0 Å². The van der Waals surface area contributed by atoms with E-state index >= 15 is 0 Å². The van der Waals surface area contributed by atoms with Gasteiger partial charge in [-0.2, -0.15) is 0 Å². The lowest BCUT2D eigenvalue weighted by Gasteiger charge is -2.48. The minimum Gasteiger partial charge on any atom is -0.371 e. The summed E-state index contributed by atoms with van der Waals surface area (Å²) < 4.78 is 19.6. The van der Waals surface area contributed by atoms with E-state index in [0.29, 0.717) is 17.0 Å². The van der Waals surface area contributed by atoms with Crippen LogP contribution in [0.4, 0.5) is 0 Å². The second-order valence-electron chi connectivity index (χ2n) is 17.7. The molecule has 4 aliphatic carbocycles. The molecule has 8 nitrogen and oxygen atoms in total. The average molecular weight is 843 g/mol. The smallest absolute Gasteiger partial charge is 0.155 e. The topological polar surface area (TPSA) is 96.4 Å². The Morgan fingerprint density at radius 3 is 1.44 bits per heavy atom. The van der Waals surface area contributed by atoms with E-state index in [1.165, 1.54) is 0 Å². The Labute approximate surface area is 360 Å². The largest absolute Gasteiger partial charge is 0.371 e. The number of likely N-dealkylation sites (N-methyl/N-ethyl adjacent to an activating group) is 2. The van der Waals surface area contributed by atoms with Crippen molar-refractivity contribution in [3.8, 4) is 0 Å². The van der Waals surface area contributed by atoms with Crippen LogP contribution in [0.3, 0.4) is 0 Å². The number of nitrogens with zero attached hydrogens (tertiary/aromatic N) is 6. The van der Waals surface area contributed by atoms with Crippen LogP contribution < -0.4 is 21.2 Å². The van der Waals surface area contributed by atoms with Crippen molar-refractivity contribution in [3.05, 3.63) is 164 Å². The van der Waals surface area contributed by atoms with Gasteiger partial charge in [0.25, 0.3) is 0 Å². The first-order chi connectivity index (χ1) is 29.5. The molecule has 0 unspecified atom stereocenters. The molecule has 0 saturated carbocycles. The lowest BCUT2D eigenvalue weighted by Crippen LogP contribution is -2.56. The normalized spacial score (nSPS) is 28.0. The summed E-state index contributed by atoms with van der Waals surface area (Å²) in [5, 5.41) is 34.6. The van der Waals surface area contributed by atoms with Gasteiger partial charge in [-0.05, 0) is 82.9 Å². The van der Waals surface area contributed by atoms with E-state index in [1.54, 1.807) is 0 Å². The fourth-order valence-corrected chi connectivity index (χ4v) is 12.1. The molecule has 4 aromatic carbocycles. The average Bonchev–Trinajstić information content (AvgIpc) is 3.57. The minimum atomic E-state index is -1.18. The molecular formula is C51H52N6O2P2. The standard InChI is InChI=1S/C51H52N6O2P2/c1-30-28-42-46(44-36-16-10-8-14-34(36)20-24-40(44)52-60-54-42)38-22-18-32(3)50(58,48(30)38)56(5)26-12-7-13-27-57(6)51(59)33(4)19-23-39-47-43(29-31(2)49(39)51)55-61-53-41-25-21-35-15-9-11-17-37(35)45(41)47/h8-11,14-25,28-33,58-59H,7,12-13,26-27H2,1-6H3/t30-,31-,32-,33-,50-,51-/m0/s1. The third kappa shape index (κ3) is 6.33. The molecule has 10 rings (SSSR count). The summed E-state index contributed by atoms with van der Waals surface area (Å²) in [5.41, 5.74) is 5.85. The molecule has 0 fully saturated rings. The molecule has 10 heteroatoms. The fraction of sp³-hybridized carbons (Fsp3) is 0.333. The van der Waals surface area contributed by atoms with Gasteiger partial charge in [-0.1, -0.05) is 131 Å². The quantitative estimate of drug-likeness (QED) is 0.105. The van der Waals surface area contributed by atoms with E-state index in [2.05, 4.69) is 161 Å². The van der Waals surface area contributed by atoms with Crippen LogP contribution in [0.5, 0.6) is 0 Å². The van der Waals surface area contributed by atoms with E-state index in [0.717, 1.165) is 120 Å². The molecule has 0 saturated heterocycles. The van der Waals surface area contributed by atoms with Crippen molar-refractivity contribution >= 4 is 49.7 Å². The molecule has 4 aromatic rings. The number of hydrogen-bond acceptors (Lipinski definition) is 8. The Balaban J connectivity index is 0.908. The molecular weight excluding hydrogens is 791 g/mol. The molecule has 0 amide bonds. The van der Waals surface area contributed by atoms with E-state index in [1.807, 2.05) is 0 Å². The van der Waals surface area contributed by atoms with Gasteiger partial charge in [-0.25, -0.2) is 19.0 Å². The highest BCUT2D eigenvalue weighted by Crippen LogP contribution is 2.50. The predicted molar refractivity (Wildman–Crippen MR) is 249 cm³/mol. The van der Waals surface area contributed by atoms with Crippen molar-refractivity contribution in [3.63, 3.8) is 0 Å². The molecule has 2 aliphatic heterocycles. The zero-order valence-corrected chi connectivity index (χ0v) is 37.5. The molecule has 0 spiro atoms. The van der Waals surface area contributed by atoms with E-state index < -0.39 is 11.4 Å². The highest BCUT2D eigenvalue weighted by atomic mass is 31.1. The summed E-state index contributed by atoms with van der Waals surface area (Å²) in [6.07, 6.45) is 16.0. The lowest BCUT2D eigenvalue weighted by molar-refractivity contribution is -0.0995. The molecule has 6 atom stereocenters. The van der Waals surface area contributed by atoms with Gasteiger partial charge in [0.05, 0.1) is 22.1 Å². The van der Waals surface area contributed by atoms with E-state index in [4.69, 9.17) is 19.0 Å². The Morgan fingerprint density at radius 1 is 0.574 bits per heavy atom. The van der Waals surface area contributed by atoms with Gasteiger partial charge >= 0.3 is 0 Å². The second kappa shape index (κ2) is 15.5. The van der Waals surface area contributed by atoms with Crippen LogP contribution >= 0.6 is 17.0 Å². The van der Waals surface area contributed by atoms with Crippen molar-refractivity contribution < 1.29 is 10.2 Å². The molecule has 0 bridgehead atoms. The summed E-state index contributed by atoms with van der Waals surface area (Å²) in [6, 6.07) is 25.5. The molecule has 308 valence electrons. The van der Waals surface area contributed by atoms with Gasteiger partial charge < -0.3 is 10.2 Å². The molecule has 6 aliphatic rings. The zero-order valence-electron chi connectivity index (χ0n) is 35.7. The van der Waals surface area contributed by atoms with Crippen LogP contribution in [0, 0.1) is 23.7 Å². The summed E-state index contributed by atoms with van der Waals surface area (Å²) >= 11 is 0. The van der Waals surface area contributed by atoms with Gasteiger partial charge in [-0.15, -0.1) is 0 Å². The molecule has 2 heterocycles. The van der Waals surface area contributed by atoms with Crippen molar-refractivity contribution in [1.29, 1.82) is 0 Å². The van der Waals surface area contributed by atoms with E-state index in [9.17, 15) is 10.2 Å². The monoisotopic (exact) mass is 842 g/mol. The summed E-state index contributed by atoms with van der Waals surface area (Å²) in [6.45, 7) is 10.1. The Kier molecular flexibility index (Phi) is 10.3. The van der Waals surface area contributed by atoms with Gasteiger partial charge in [0.2, 0.25) is 0 Å². The zero-order chi connectivity index (χ0) is 42.2. The SMILES string of the molecule is C[C@H]1C=C2N=PN=c3ccc4ccccc4c3=C2C2=C1[C@](O)(N(C)CCCCCN(C)[C@@]1(O)C3=C(C=C[C@@H]1C)C1=c4c(ccc5ccccc45)=NP=NC1=C[C@@H]3C)[C@@H](C)C=C2. The molecule has 0 aromatic heterocycles. The van der Waals surface area contributed by atoms with Gasteiger partial charge in [0.15, 0.2) is 17.0 Å². The van der Waals surface area contributed by atoms with Crippen molar-refractivity contribution in [1.82, 2.24) is 9.80 Å². The number of allylic oxidation sites excluding steroid dienone is 6. The van der Waals surface area contributed by atoms with Crippen LogP contribution in [-0.4, -0.2) is 58.6 Å². The third-order valence-electron chi connectivity index (χ3n) is 14.1. The van der Waals surface area contributed by atoms with Crippen LogP contribution in [0.25, 0.3) is 32.7 Å². The third-order valence-corrected chi connectivity index (χ3v) is 15.3. The maximum atomic E-state index is 13.0. The molecule has 0 radical (unpaired) electrons. The Hall–Kier alpha value is -4.78. The number of unbranched alkanes of at least 4 members (excludes halogenated alkanes) is 2. The fourth-order valence-electron chi connectivity index (χ4n) is 11.0. The molecule has 2 N–H and O–H groups in total. The molecule has 61 heavy (non-hydrogen) atoms. The number of hydrogen-bond donors (Lipinski definition) is 2. The van der Waals surface area contributed by atoms with Crippen LogP contribution in [-0.2, 0) is 0 Å². The van der Waals surface area contributed by atoms with Gasteiger partial charge in [0.1, 0.15) is 11.4 Å². The second-order valence-corrected chi connectivity index (χ2v) is 18.8. The maximum absolute atomic E-state index is 13.0. The van der Waals surface area contributed by atoms with Gasteiger partial charge in [-0.3, -0.25) is 9.80 Å². The maximum Gasteiger partial charge on any atom is 0.155 e. The number of fused-ring (bicyclic) bond motifs is 10. The lowest BCUT2D eigenvalue weighted by atomic mass is 9.70. The highest BCUT2D eigenvalue weighted by molar-refractivity contribution is 7.25. The summed E-state index contributed by atoms with van der Waals surface area (Å²) in [5.74, 6) is -0.244. The predicted octanol–water partition coefficient (Wildman–Crippen LogP) is 8.83. The van der Waals surface area contributed by atoms with Crippen molar-refractivity contribution in [2.24, 2.45) is 42.7 Å². The first-order valence-corrected chi connectivity index (χ1v) is 23.3. The van der Waals surface area contributed by atoms with Crippen molar-refractivity contribution in [2.45, 2.75) is 58.4 Å². The minimum absolute atomic E-state index is 0.0108. The van der Waals surface area contributed by atoms with Gasteiger partial charge in [0, 0.05) is 58.3 Å². The van der Waals surface area contributed by atoms with Crippen LogP contribution in [0.15, 0.2) is 162 Å². The Morgan fingerprint density at radius 2 is 1.00 bits per heavy atom. The van der Waals surface area contributed by atoms with E-state index in [-0.39, 0.29) is 23.7 Å². The first kappa shape index (κ1) is 40.3. The number of aliphatic hydroxyl groups is 2. The number of benzene rings is 4. The summed E-state index contributed by atoms with van der Waals surface area (Å²) in [7, 11) is 5.48. The first-order valence-electron chi connectivity index (χ1n) is 21.7.